The van der Waals surface area contributed by atoms with Crippen molar-refractivity contribution in [1.29, 1.82) is 0 Å². The maximum atomic E-state index is 10.4. The van der Waals surface area contributed by atoms with Crippen molar-refractivity contribution < 1.29 is 9.90 Å². The van der Waals surface area contributed by atoms with E-state index < -0.39 is 5.97 Å². The topological polar surface area (TPSA) is 50.2 Å². The number of thioether (sulfide) groups is 1. The van der Waals surface area contributed by atoms with Crippen LogP contribution in [0, 0.1) is 0 Å². The number of carbonyl (C=O) groups is 1. The molecule has 1 aromatic rings. The number of rotatable bonds is 6. The first-order valence-electron chi connectivity index (χ1n) is 5.02. The third-order valence-electron chi connectivity index (χ3n) is 2.06. The first-order chi connectivity index (χ1) is 7.22. The highest BCUT2D eigenvalue weighted by atomic mass is 32.2. The van der Waals surface area contributed by atoms with Gasteiger partial charge in [-0.25, -0.2) is 4.98 Å². The van der Waals surface area contributed by atoms with Crippen molar-refractivity contribution >= 4 is 17.7 Å². The summed E-state index contributed by atoms with van der Waals surface area (Å²) in [7, 11) is 0. The van der Waals surface area contributed by atoms with Crippen molar-refractivity contribution in [2.45, 2.75) is 36.5 Å². The summed E-state index contributed by atoms with van der Waals surface area (Å²) in [6, 6.07) is 5.77. The highest BCUT2D eigenvalue weighted by Gasteiger charge is 2.10. The van der Waals surface area contributed by atoms with Crippen molar-refractivity contribution in [2.75, 3.05) is 0 Å². The second-order valence-electron chi connectivity index (χ2n) is 3.25. The van der Waals surface area contributed by atoms with E-state index in [1.54, 1.807) is 18.0 Å². The Kier molecular flexibility index (Phi) is 5.18. The zero-order valence-corrected chi connectivity index (χ0v) is 9.54. The lowest BCUT2D eigenvalue weighted by Gasteiger charge is -2.11. The molecule has 1 atom stereocenters. The van der Waals surface area contributed by atoms with Crippen molar-refractivity contribution in [2.24, 2.45) is 0 Å². The number of carboxylic acid groups (broad SMARTS) is 1. The third-order valence-corrected chi connectivity index (χ3v) is 3.45. The lowest BCUT2D eigenvalue weighted by atomic mass is 10.2. The highest BCUT2D eigenvalue weighted by Crippen LogP contribution is 2.26. The van der Waals surface area contributed by atoms with Crippen LogP contribution in [0.4, 0.5) is 0 Å². The summed E-state index contributed by atoms with van der Waals surface area (Å²) in [5.41, 5.74) is 0. The molecular formula is C11H15NO2S. The molecule has 1 rings (SSSR count). The van der Waals surface area contributed by atoms with Crippen LogP contribution in [0.3, 0.4) is 0 Å². The Morgan fingerprint density at radius 3 is 2.93 bits per heavy atom. The molecule has 3 nitrogen and oxygen atoms in total. The zero-order chi connectivity index (χ0) is 11.1. The van der Waals surface area contributed by atoms with Gasteiger partial charge in [0, 0.05) is 17.9 Å². The minimum Gasteiger partial charge on any atom is -0.481 e. The van der Waals surface area contributed by atoms with Crippen LogP contribution in [0.1, 0.15) is 26.2 Å². The number of pyridine rings is 1. The van der Waals surface area contributed by atoms with Crippen molar-refractivity contribution in [3.8, 4) is 0 Å². The molecule has 0 aliphatic carbocycles. The molecule has 0 amide bonds. The maximum Gasteiger partial charge on any atom is 0.303 e. The van der Waals surface area contributed by atoms with E-state index in [4.69, 9.17) is 5.11 Å². The summed E-state index contributed by atoms with van der Waals surface area (Å²) in [6.07, 6.45) is 3.66. The Morgan fingerprint density at radius 2 is 2.40 bits per heavy atom. The average molecular weight is 225 g/mol. The molecule has 1 heterocycles. The molecule has 4 heteroatoms. The number of hydrogen-bond donors (Lipinski definition) is 1. The quantitative estimate of drug-likeness (QED) is 0.756. The Labute approximate surface area is 93.9 Å². The second kappa shape index (κ2) is 6.45. The number of nitrogens with zero attached hydrogens (tertiary/aromatic N) is 1. The predicted molar refractivity (Wildman–Crippen MR) is 61.0 cm³/mol. The van der Waals surface area contributed by atoms with Crippen LogP contribution >= 0.6 is 11.8 Å². The Bertz CT molecular complexity index is 303. The summed E-state index contributed by atoms with van der Waals surface area (Å²) in [4.78, 5) is 14.7. The number of aliphatic carboxylic acids is 1. The van der Waals surface area contributed by atoms with Gasteiger partial charge in [0.2, 0.25) is 0 Å². The molecule has 1 aromatic heterocycles. The fraction of sp³-hybridized carbons (Fsp3) is 0.455. The van der Waals surface area contributed by atoms with Crippen LogP contribution in [0.5, 0.6) is 0 Å². The fourth-order valence-corrected chi connectivity index (χ4v) is 2.24. The van der Waals surface area contributed by atoms with Gasteiger partial charge in [0.05, 0.1) is 5.03 Å². The number of hydrogen-bond acceptors (Lipinski definition) is 3. The van der Waals surface area contributed by atoms with E-state index in [-0.39, 0.29) is 6.42 Å². The minimum atomic E-state index is -0.727. The second-order valence-corrected chi connectivity index (χ2v) is 4.57. The molecule has 0 aliphatic rings. The third kappa shape index (κ3) is 4.83. The van der Waals surface area contributed by atoms with Gasteiger partial charge in [-0.2, -0.15) is 0 Å². The van der Waals surface area contributed by atoms with Crippen LogP contribution in [-0.2, 0) is 4.79 Å². The van der Waals surface area contributed by atoms with Gasteiger partial charge >= 0.3 is 5.97 Å². The number of carboxylic acids is 1. The molecular weight excluding hydrogens is 210 g/mol. The molecule has 0 aliphatic heterocycles. The molecule has 0 saturated carbocycles. The van der Waals surface area contributed by atoms with Gasteiger partial charge in [0.25, 0.3) is 0 Å². The SMILES string of the molecule is CCC(CCC(=O)O)Sc1ccccn1. The molecule has 82 valence electrons. The lowest BCUT2D eigenvalue weighted by molar-refractivity contribution is -0.137. The van der Waals surface area contributed by atoms with E-state index in [2.05, 4.69) is 11.9 Å². The molecule has 0 saturated heterocycles. The number of aromatic nitrogens is 1. The van der Waals surface area contributed by atoms with Crippen LogP contribution in [-0.4, -0.2) is 21.3 Å². The first kappa shape index (κ1) is 12.0. The van der Waals surface area contributed by atoms with Crippen molar-refractivity contribution in [3.05, 3.63) is 24.4 Å². The Balaban J connectivity index is 2.43. The Hall–Kier alpha value is -1.03. The highest BCUT2D eigenvalue weighted by molar-refractivity contribution is 7.99. The van der Waals surface area contributed by atoms with Gasteiger partial charge in [-0.1, -0.05) is 13.0 Å². The molecule has 0 aromatic carbocycles. The minimum absolute atomic E-state index is 0.234. The predicted octanol–water partition coefficient (Wildman–Crippen LogP) is 2.82. The Morgan fingerprint density at radius 1 is 1.60 bits per heavy atom. The summed E-state index contributed by atoms with van der Waals surface area (Å²) in [5, 5.41) is 9.91. The van der Waals surface area contributed by atoms with Gasteiger partial charge in [0.1, 0.15) is 0 Å². The molecule has 0 radical (unpaired) electrons. The van der Waals surface area contributed by atoms with Gasteiger partial charge in [-0.05, 0) is 25.0 Å². The standard InChI is InChI=1S/C11H15NO2S/c1-2-9(6-7-11(13)14)15-10-5-3-4-8-12-10/h3-5,8-9H,2,6-7H2,1H3,(H,13,14). The molecule has 0 fully saturated rings. The lowest BCUT2D eigenvalue weighted by Crippen LogP contribution is -2.05. The average Bonchev–Trinajstić information content (AvgIpc) is 2.25. The van der Waals surface area contributed by atoms with Gasteiger partial charge in [0.15, 0.2) is 0 Å². The normalized spacial score (nSPS) is 12.3. The summed E-state index contributed by atoms with van der Waals surface area (Å²) < 4.78 is 0. The van der Waals surface area contributed by atoms with Crippen molar-refractivity contribution in [3.63, 3.8) is 0 Å². The molecule has 0 spiro atoms. The van der Waals surface area contributed by atoms with Crippen molar-refractivity contribution in [1.82, 2.24) is 4.98 Å². The van der Waals surface area contributed by atoms with E-state index in [9.17, 15) is 4.79 Å². The molecule has 0 bridgehead atoms. The fourth-order valence-electron chi connectivity index (χ4n) is 1.22. The van der Waals surface area contributed by atoms with E-state index >= 15 is 0 Å². The van der Waals surface area contributed by atoms with Crippen LogP contribution in [0.2, 0.25) is 0 Å². The van der Waals surface area contributed by atoms with Crippen LogP contribution in [0.25, 0.3) is 0 Å². The smallest absolute Gasteiger partial charge is 0.303 e. The van der Waals surface area contributed by atoms with Gasteiger partial charge in [-0.3, -0.25) is 4.79 Å². The summed E-state index contributed by atoms with van der Waals surface area (Å²) in [5.74, 6) is -0.727. The van der Waals surface area contributed by atoms with Gasteiger partial charge < -0.3 is 5.11 Å². The van der Waals surface area contributed by atoms with Crippen LogP contribution in [0.15, 0.2) is 29.4 Å². The molecule has 1 unspecified atom stereocenters. The molecule has 1 N–H and O–H groups in total. The van der Waals surface area contributed by atoms with E-state index in [0.29, 0.717) is 11.7 Å². The largest absolute Gasteiger partial charge is 0.481 e. The van der Waals surface area contributed by atoms with Crippen LogP contribution < -0.4 is 0 Å². The summed E-state index contributed by atoms with van der Waals surface area (Å²) in [6.45, 7) is 2.07. The molecule has 15 heavy (non-hydrogen) atoms. The van der Waals surface area contributed by atoms with E-state index in [1.165, 1.54) is 0 Å². The van der Waals surface area contributed by atoms with E-state index in [1.807, 2.05) is 18.2 Å². The van der Waals surface area contributed by atoms with Gasteiger partial charge in [-0.15, -0.1) is 11.8 Å². The maximum absolute atomic E-state index is 10.4. The van der Waals surface area contributed by atoms with E-state index in [0.717, 1.165) is 11.4 Å². The monoisotopic (exact) mass is 225 g/mol. The summed E-state index contributed by atoms with van der Waals surface area (Å²) >= 11 is 1.66. The first-order valence-corrected chi connectivity index (χ1v) is 5.89. The zero-order valence-electron chi connectivity index (χ0n) is 8.72.